The summed E-state index contributed by atoms with van der Waals surface area (Å²) < 4.78 is 68.4. The van der Waals surface area contributed by atoms with Crippen LogP contribution in [0.1, 0.15) is 376 Å². The number of phosphoric acid groups is 2. The Kier molecular flexibility index (Phi) is 63.1. The highest BCUT2D eigenvalue weighted by molar-refractivity contribution is 7.47. The Labute approximate surface area is 575 Å². The summed E-state index contributed by atoms with van der Waals surface area (Å²) in [5.41, 5.74) is 0. The minimum atomic E-state index is -4.96. The van der Waals surface area contributed by atoms with Gasteiger partial charge in [0.25, 0.3) is 0 Å². The number of rotatable bonds is 72. The van der Waals surface area contributed by atoms with Crippen molar-refractivity contribution in [3.05, 3.63) is 0 Å². The van der Waals surface area contributed by atoms with Gasteiger partial charge in [0, 0.05) is 25.7 Å². The van der Waals surface area contributed by atoms with E-state index in [9.17, 15) is 43.2 Å². The molecular formula is C75H146O17P2. The largest absolute Gasteiger partial charge is 0.472 e. The lowest BCUT2D eigenvalue weighted by atomic mass is 10.00. The maximum atomic E-state index is 13.1. The summed E-state index contributed by atoms with van der Waals surface area (Å²) in [6.07, 6.45) is 48.8. The molecule has 0 fully saturated rings. The van der Waals surface area contributed by atoms with E-state index in [1.54, 1.807) is 0 Å². The molecule has 0 aliphatic carbocycles. The molecule has 0 spiro atoms. The number of carbonyl (C=O) groups excluding carboxylic acids is 4. The summed E-state index contributed by atoms with van der Waals surface area (Å²) in [6.45, 7) is 14.1. The highest BCUT2D eigenvalue weighted by Gasteiger charge is 2.30. The molecule has 94 heavy (non-hydrogen) atoms. The van der Waals surface area contributed by atoms with E-state index in [1.165, 1.54) is 173 Å². The van der Waals surface area contributed by atoms with E-state index >= 15 is 0 Å². The topological polar surface area (TPSA) is 237 Å². The standard InChI is InChI=1S/C75H146O17P2/c1-9-68(8)54-46-38-33-34-40-48-56-73(78)86-62-71(91-74(79)57-49-41-31-25-21-15-13-11-10-12-14-18-22-27-35-43-51-65(2)3)64-90-94(83,84)88-60-69(76)59-87-93(81,82)89-63-70(92-75(80)58-50-42-32-26-29-37-45-53-67(6)7)61-85-72(77)55-47-39-30-24-20-17-16-19-23-28-36-44-52-66(4)5/h65-71,76H,9-64H2,1-8H3,(H,81,82)(H,83,84)/t68?,69-,70-,71-/m1/s1. The van der Waals surface area contributed by atoms with Crippen molar-refractivity contribution in [1.82, 2.24) is 0 Å². The summed E-state index contributed by atoms with van der Waals surface area (Å²) in [7, 11) is -9.91. The van der Waals surface area contributed by atoms with Crippen molar-refractivity contribution in [3.63, 3.8) is 0 Å². The van der Waals surface area contributed by atoms with Crippen molar-refractivity contribution in [3.8, 4) is 0 Å². The molecule has 0 bridgehead atoms. The number of carbonyl (C=O) groups is 4. The van der Waals surface area contributed by atoms with Crippen molar-refractivity contribution >= 4 is 39.5 Å². The van der Waals surface area contributed by atoms with Crippen molar-refractivity contribution in [2.75, 3.05) is 39.6 Å². The van der Waals surface area contributed by atoms with Crippen LogP contribution >= 0.6 is 15.6 Å². The van der Waals surface area contributed by atoms with Crippen LogP contribution in [0.2, 0.25) is 0 Å². The van der Waals surface area contributed by atoms with Crippen LogP contribution in [0.4, 0.5) is 0 Å². The van der Waals surface area contributed by atoms with Gasteiger partial charge in [0.2, 0.25) is 0 Å². The molecule has 3 unspecified atom stereocenters. The summed E-state index contributed by atoms with van der Waals surface area (Å²) in [6, 6.07) is 0. The van der Waals surface area contributed by atoms with Crippen molar-refractivity contribution in [1.29, 1.82) is 0 Å². The van der Waals surface area contributed by atoms with Gasteiger partial charge in [-0.15, -0.1) is 0 Å². The Balaban J connectivity index is 5.19. The van der Waals surface area contributed by atoms with Gasteiger partial charge in [-0.2, -0.15) is 0 Å². The first kappa shape index (κ1) is 92.1. The van der Waals surface area contributed by atoms with Gasteiger partial charge in [-0.3, -0.25) is 37.3 Å². The predicted octanol–water partition coefficient (Wildman–Crippen LogP) is 21.7. The van der Waals surface area contributed by atoms with E-state index in [1.807, 2.05) is 0 Å². The van der Waals surface area contributed by atoms with Crippen LogP contribution in [0.3, 0.4) is 0 Å². The molecule has 19 heteroatoms. The molecule has 0 heterocycles. The Morgan fingerprint density at radius 3 is 0.755 bits per heavy atom. The van der Waals surface area contributed by atoms with E-state index in [2.05, 4.69) is 55.4 Å². The van der Waals surface area contributed by atoms with Crippen LogP contribution in [-0.4, -0.2) is 96.7 Å². The molecule has 0 aromatic heterocycles. The zero-order valence-corrected chi connectivity index (χ0v) is 63.4. The van der Waals surface area contributed by atoms with Crippen LogP contribution in [0.15, 0.2) is 0 Å². The molecule has 0 aromatic rings. The second-order valence-electron chi connectivity index (χ2n) is 28.7. The average Bonchev–Trinajstić information content (AvgIpc) is 1.26. The molecular weight excluding hydrogens is 1230 g/mol. The third-order valence-corrected chi connectivity index (χ3v) is 19.6. The molecule has 6 atom stereocenters. The molecule has 0 aliphatic rings. The fraction of sp³-hybridized carbons (Fsp3) is 0.947. The smallest absolute Gasteiger partial charge is 0.462 e. The number of hydrogen-bond donors (Lipinski definition) is 3. The fourth-order valence-corrected chi connectivity index (χ4v) is 12.9. The van der Waals surface area contributed by atoms with Gasteiger partial charge in [0.05, 0.1) is 26.4 Å². The van der Waals surface area contributed by atoms with Gasteiger partial charge >= 0.3 is 39.5 Å². The Morgan fingerprint density at radius 2 is 0.511 bits per heavy atom. The lowest BCUT2D eigenvalue weighted by molar-refractivity contribution is -0.161. The Morgan fingerprint density at radius 1 is 0.298 bits per heavy atom. The molecule has 17 nitrogen and oxygen atoms in total. The van der Waals surface area contributed by atoms with Crippen LogP contribution in [0.25, 0.3) is 0 Å². The summed E-state index contributed by atoms with van der Waals surface area (Å²) in [5, 5.41) is 10.6. The van der Waals surface area contributed by atoms with E-state index in [-0.39, 0.29) is 25.7 Å². The van der Waals surface area contributed by atoms with Gasteiger partial charge in [0.15, 0.2) is 12.2 Å². The number of ether oxygens (including phenoxy) is 4. The second-order valence-corrected chi connectivity index (χ2v) is 31.6. The summed E-state index contributed by atoms with van der Waals surface area (Å²) in [4.78, 5) is 72.7. The molecule has 0 saturated carbocycles. The quantitative estimate of drug-likeness (QED) is 0.0222. The molecule has 3 N–H and O–H groups in total. The van der Waals surface area contributed by atoms with Crippen LogP contribution < -0.4 is 0 Å². The predicted molar refractivity (Wildman–Crippen MR) is 381 cm³/mol. The molecule has 558 valence electrons. The minimum Gasteiger partial charge on any atom is -0.462 e. The average molecular weight is 1380 g/mol. The van der Waals surface area contributed by atoms with Crippen molar-refractivity contribution < 1.29 is 80.2 Å². The third-order valence-electron chi connectivity index (χ3n) is 17.7. The molecule has 0 aromatic carbocycles. The number of phosphoric ester groups is 2. The Bertz CT molecular complexity index is 1850. The first-order chi connectivity index (χ1) is 45.1. The molecule has 0 rings (SSSR count). The summed E-state index contributed by atoms with van der Waals surface area (Å²) >= 11 is 0. The number of hydrogen-bond acceptors (Lipinski definition) is 15. The third kappa shape index (κ3) is 67.3. The van der Waals surface area contributed by atoms with E-state index in [0.29, 0.717) is 31.6 Å². The number of esters is 4. The molecule has 0 saturated heterocycles. The van der Waals surface area contributed by atoms with Gasteiger partial charge in [-0.25, -0.2) is 9.13 Å². The lowest BCUT2D eigenvalue weighted by Crippen LogP contribution is -2.30. The van der Waals surface area contributed by atoms with Gasteiger partial charge in [-0.05, 0) is 49.4 Å². The molecule has 0 radical (unpaired) electrons. The fourth-order valence-electron chi connectivity index (χ4n) is 11.3. The first-order valence-corrected chi connectivity index (χ1v) is 41.7. The van der Waals surface area contributed by atoms with Crippen molar-refractivity contribution in [2.45, 2.75) is 395 Å². The zero-order valence-electron chi connectivity index (χ0n) is 61.6. The summed E-state index contributed by atoms with van der Waals surface area (Å²) in [5.74, 6) is 0.892. The second kappa shape index (κ2) is 64.4. The highest BCUT2D eigenvalue weighted by Crippen LogP contribution is 2.45. The highest BCUT2D eigenvalue weighted by atomic mass is 31.2. The zero-order chi connectivity index (χ0) is 69.6. The van der Waals surface area contributed by atoms with Crippen LogP contribution in [0, 0.1) is 23.7 Å². The van der Waals surface area contributed by atoms with E-state index in [0.717, 1.165) is 114 Å². The van der Waals surface area contributed by atoms with Gasteiger partial charge in [-0.1, -0.05) is 325 Å². The van der Waals surface area contributed by atoms with Crippen LogP contribution in [0.5, 0.6) is 0 Å². The monoisotopic (exact) mass is 1380 g/mol. The molecule has 0 amide bonds. The number of unbranched alkanes of at least 4 members (excludes halogenated alkanes) is 37. The lowest BCUT2D eigenvalue weighted by Gasteiger charge is -2.21. The minimum absolute atomic E-state index is 0.103. The van der Waals surface area contributed by atoms with Crippen molar-refractivity contribution in [2.24, 2.45) is 23.7 Å². The molecule has 0 aliphatic heterocycles. The normalized spacial score (nSPS) is 14.4. The van der Waals surface area contributed by atoms with Gasteiger partial charge in [0.1, 0.15) is 19.3 Å². The Hall–Kier alpha value is -1.94. The number of aliphatic hydroxyl groups is 1. The van der Waals surface area contributed by atoms with Gasteiger partial charge < -0.3 is 33.8 Å². The number of aliphatic hydroxyl groups excluding tert-OH is 1. The SMILES string of the molecule is CCC(C)CCCCCCCCC(=O)OC[C@H](COP(=O)(O)OC[C@H](O)COP(=O)(O)OC[C@@H](COC(=O)CCCCCCCCCCCCCCC(C)C)OC(=O)CCCCCCCCCC(C)C)OC(=O)CCCCCCCCCCCCCCCCCCC(C)C. The maximum absolute atomic E-state index is 13.1. The van der Waals surface area contributed by atoms with Crippen LogP contribution in [-0.2, 0) is 65.4 Å². The first-order valence-electron chi connectivity index (χ1n) is 38.7. The van der Waals surface area contributed by atoms with E-state index < -0.39 is 97.5 Å². The van der Waals surface area contributed by atoms with E-state index in [4.69, 9.17) is 37.0 Å². The maximum Gasteiger partial charge on any atom is 0.472 e.